The van der Waals surface area contributed by atoms with Crippen LogP contribution in [0.25, 0.3) is 0 Å². The summed E-state index contributed by atoms with van der Waals surface area (Å²) in [6, 6.07) is 3.53. The number of nitrogens with zero attached hydrogens (tertiary/aromatic N) is 3. The Balaban J connectivity index is 1.56. The first-order valence-corrected chi connectivity index (χ1v) is 8.28. The van der Waals surface area contributed by atoms with Crippen LogP contribution in [0, 0.1) is 0 Å². The van der Waals surface area contributed by atoms with Crippen LogP contribution in [-0.2, 0) is 6.54 Å². The Hall–Kier alpha value is -0.870. The average Bonchev–Trinajstić information content (AvgIpc) is 2.97. The van der Waals surface area contributed by atoms with Crippen LogP contribution < -0.4 is 5.32 Å². The van der Waals surface area contributed by atoms with Gasteiger partial charge in [-0.15, -0.1) is 0 Å². The molecule has 2 fully saturated rings. The largest absolute Gasteiger partial charge is 0.315 e. The van der Waals surface area contributed by atoms with Gasteiger partial charge in [-0.3, -0.25) is 9.58 Å². The number of nitrogens with one attached hydrogen (secondary N) is 1. The first-order valence-electron chi connectivity index (χ1n) is 8.28. The minimum atomic E-state index is 0.652. The smallest absolute Gasteiger partial charge is 0.0764 e. The Morgan fingerprint density at radius 2 is 2.10 bits per heavy atom. The lowest BCUT2D eigenvalue weighted by molar-refractivity contribution is 0.193. The zero-order chi connectivity index (χ0) is 13.8. The van der Waals surface area contributed by atoms with Crippen molar-refractivity contribution >= 4 is 0 Å². The van der Waals surface area contributed by atoms with E-state index in [0.29, 0.717) is 12.1 Å². The molecular formula is C16H28N4. The van der Waals surface area contributed by atoms with Crippen LogP contribution in [0.2, 0.25) is 0 Å². The Kier molecular flexibility index (Phi) is 4.73. The summed E-state index contributed by atoms with van der Waals surface area (Å²) >= 11 is 0. The summed E-state index contributed by atoms with van der Waals surface area (Å²) < 4.78 is 2.22. The minimum Gasteiger partial charge on any atom is -0.315 e. The van der Waals surface area contributed by atoms with Crippen molar-refractivity contribution in [3.05, 3.63) is 18.0 Å². The van der Waals surface area contributed by atoms with Gasteiger partial charge < -0.3 is 5.32 Å². The van der Waals surface area contributed by atoms with Crippen LogP contribution in [0.3, 0.4) is 0 Å². The second-order valence-electron chi connectivity index (χ2n) is 6.49. The molecule has 4 nitrogen and oxygen atoms in total. The molecule has 1 aromatic heterocycles. The van der Waals surface area contributed by atoms with Gasteiger partial charge in [-0.05, 0) is 45.3 Å². The van der Waals surface area contributed by atoms with Crippen LogP contribution in [0.15, 0.2) is 12.3 Å². The monoisotopic (exact) mass is 276 g/mol. The maximum absolute atomic E-state index is 4.82. The molecule has 1 unspecified atom stereocenters. The molecule has 112 valence electrons. The fraction of sp³-hybridized carbons (Fsp3) is 0.812. The van der Waals surface area contributed by atoms with E-state index in [2.05, 4.69) is 34.2 Å². The van der Waals surface area contributed by atoms with Crippen LogP contribution in [0.1, 0.15) is 56.7 Å². The first kappa shape index (κ1) is 14.1. The van der Waals surface area contributed by atoms with Crippen LogP contribution in [0.4, 0.5) is 0 Å². The molecule has 0 aromatic carbocycles. The number of aromatic nitrogens is 2. The fourth-order valence-electron chi connectivity index (χ4n) is 3.60. The zero-order valence-electron chi connectivity index (χ0n) is 12.7. The van der Waals surface area contributed by atoms with Gasteiger partial charge in [0.2, 0.25) is 0 Å². The molecule has 3 rings (SSSR count). The average molecular weight is 276 g/mol. The van der Waals surface area contributed by atoms with Gasteiger partial charge >= 0.3 is 0 Å². The molecule has 20 heavy (non-hydrogen) atoms. The van der Waals surface area contributed by atoms with E-state index in [-0.39, 0.29) is 0 Å². The summed E-state index contributed by atoms with van der Waals surface area (Å²) in [4.78, 5) is 2.46. The molecule has 1 aliphatic carbocycles. The first-order chi connectivity index (χ1) is 9.83. The molecule has 1 atom stereocenters. The predicted molar refractivity (Wildman–Crippen MR) is 81.7 cm³/mol. The summed E-state index contributed by atoms with van der Waals surface area (Å²) in [6.45, 7) is 3.28. The molecular weight excluding hydrogens is 248 g/mol. The molecule has 2 heterocycles. The normalized spacial score (nSPS) is 25.2. The molecule has 2 aliphatic rings. The second kappa shape index (κ2) is 6.72. The lowest BCUT2D eigenvalue weighted by Crippen LogP contribution is -2.43. The van der Waals surface area contributed by atoms with E-state index in [9.17, 15) is 0 Å². The number of hydrogen-bond acceptors (Lipinski definition) is 3. The van der Waals surface area contributed by atoms with Crippen molar-refractivity contribution in [1.82, 2.24) is 20.0 Å². The lowest BCUT2D eigenvalue weighted by Gasteiger charge is -2.31. The van der Waals surface area contributed by atoms with Gasteiger partial charge in [-0.25, -0.2) is 0 Å². The Morgan fingerprint density at radius 3 is 2.85 bits per heavy atom. The van der Waals surface area contributed by atoms with Crippen LogP contribution in [-0.4, -0.2) is 40.9 Å². The molecule has 0 radical (unpaired) electrons. The topological polar surface area (TPSA) is 33.1 Å². The molecule has 1 saturated heterocycles. The van der Waals surface area contributed by atoms with Crippen molar-refractivity contribution in [1.29, 1.82) is 0 Å². The highest BCUT2D eigenvalue weighted by Gasteiger charge is 2.20. The molecule has 4 heteroatoms. The minimum absolute atomic E-state index is 0.652. The number of rotatable bonds is 4. The standard InChI is InChI=1S/C16H28N4/c1-19(16-8-5-10-17-12-16)13-14-9-11-20(18-14)15-6-3-2-4-7-15/h9,11,15-17H,2-8,10,12-13H2,1H3. The van der Waals surface area contributed by atoms with Gasteiger partial charge in [0.05, 0.1) is 11.7 Å². The predicted octanol–water partition coefficient (Wildman–Crippen LogP) is 2.57. The maximum Gasteiger partial charge on any atom is 0.0764 e. The second-order valence-corrected chi connectivity index (χ2v) is 6.49. The van der Waals surface area contributed by atoms with Crippen molar-refractivity contribution in [2.24, 2.45) is 0 Å². The Bertz CT molecular complexity index is 402. The number of hydrogen-bond donors (Lipinski definition) is 1. The van der Waals surface area contributed by atoms with Crippen LogP contribution >= 0.6 is 0 Å². The van der Waals surface area contributed by atoms with E-state index in [4.69, 9.17) is 5.10 Å². The van der Waals surface area contributed by atoms with Crippen molar-refractivity contribution in [3.63, 3.8) is 0 Å². The molecule has 1 aromatic rings. The molecule has 1 N–H and O–H groups in total. The highest BCUT2D eigenvalue weighted by molar-refractivity contribution is 5.00. The number of likely N-dealkylation sites (N-methyl/N-ethyl adjacent to an activating group) is 1. The van der Waals surface area contributed by atoms with Gasteiger partial charge in [0, 0.05) is 25.3 Å². The summed E-state index contributed by atoms with van der Waals surface area (Å²) in [5.41, 5.74) is 1.23. The van der Waals surface area contributed by atoms with Crippen molar-refractivity contribution in [2.45, 2.75) is 63.6 Å². The van der Waals surface area contributed by atoms with Gasteiger partial charge in [0.25, 0.3) is 0 Å². The summed E-state index contributed by atoms with van der Waals surface area (Å²) in [5, 5.41) is 8.31. The van der Waals surface area contributed by atoms with E-state index in [0.717, 1.165) is 13.1 Å². The Morgan fingerprint density at radius 1 is 1.25 bits per heavy atom. The highest BCUT2D eigenvalue weighted by atomic mass is 15.3. The van der Waals surface area contributed by atoms with Crippen molar-refractivity contribution in [3.8, 4) is 0 Å². The maximum atomic E-state index is 4.82. The number of piperidine rings is 1. The van der Waals surface area contributed by atoms with E-state index < -0.39 is 0 Å². The van der Waals surface area contributed by atoms with Gasteiger partial charge in [0.1, 0.15) is 0 Å². The van der Waals surface area contributed by atoms with Crippen molar-refractivity contribution < 1.29 is 0 Å². The lowest BCUT2D eigenvalue weighted by atomic mass is 9.96. The molecule has 1 saturated carbocycles. The third kappa shape index (κ3) is 3.41. The fourth-order valence-corrected chi connectivity index (χ4v) is 3.60. The van der Waals surface area contributed by atoms with Crippen molar-refractivity contribution in [2.75, 3.05) is 20.1 Å². The van der Waals surface area contributed by atoms with Gasteiger partial charge in [-0.2, -0.15) is 5.10 Å². The van der Waals surface area contributed by atoms with E-state index in [1.165, 1.54) is 57.2 Å². The SMILES string of the molecule is CN(Cc1ccn(C2CCCCC2)n1)C1CCCNC1. The van der Waals surface area contributed by atoms with Gasteiger partial charge in [-0.1, -0.05) is 19.3 Å². The third-order valence-electron chi connectivity index (χ3n) is 4.92. The van der Waals surface area contributed by atoms with Gasteiger partial charge in [0.15, 0.2) is 0 Å². The molecule has 0 amide bonds. The molecule has 0 spiro atoms. The quantitative estimate of drug-likeness (QED) is 0.917. The van der Waals surface area contributed by atoms with E-state index in [1.807, 2.05) is 0 Å². The zero-order valence-corrected chi connectivity index (χ0v) is 12.7. The summed E-state index contributed by atoms with van der Waals surface area (Å²) in [7, 11) is 2.23. The molecule has 0 bridgehead atoms. The highest BCUT2D eigenvalue weighted by Crippen LogP contribution is 2.27. The molecule has 1 aliphatic heterocycles. The Labute approximate surface area is 122 Å². The summed E-state index contributed by atoms with van der Waals surface area (Å²) in [5.74, 6) is 0. The third-order valence-corrected chi connectivity index (χ3v) is 4.92. The van der Waals surface area contributed by atoms with E-state index in [1.54, 1.807) is 0 Å². The van der Waals surface area contributed by atoms with Crippen LogP contribution in [0.5, 0.6) is 0 Å². The van der Waals surface area contributed by atoms with E-state index >= 15 is 0 Å². The summed E-state index contributed by atoms with van der Waals surface area (Å²) in [6.07, 6.45) is 11.6.